The minimum Gasteiger partial charge on any atom is -0.465 e. The van der Waals surface area contributed by atoms with Crippen LogP contribution in [-0.4, -0.2) is 19.6 Å². The smallest absolute Gasteiger partial charge is 0.338 e. The van der Waals surface area contributed by atoms with Gasteiger partial charge in [0.05, 0.1) is 12.7 Å². The summed E-state index contributed by atoms with van der Waals surface area (Å²) in [6.45, 7) is 0.565. The first-order valence-corrected chi connectivity index (χ1v) is 6.70. The molecule has 104 valence electrons. The molecular formula is C17H19NO2. The molecule has 20 heavy (non-hydrogen) atoms. The third-order valence-corrected chi connectivity index (χ3v) is 3.40. The van der Waals surface area contributed by atoms with Gasteiger partial charge in [0.15, 0.2) is 0 Å². The summed E-state index contributed by atoms with van der Waals surface area (Å²) < 4.78 is 4.87. The number of methoxy groups -OCH3 is 1. The molecule has 0 aliphatic carbocycles. The molecule has 2 N–H and O–H groups in total. The van der Waals surface area contributed by atoms with Crippen molar-refractivity contribution in [3.63, 3.8) is 0 Å². The molecule has 0 bridgehead atoms. The predicted molar refractivity (Wildman–Crippen MR) is 79.7 cm³/mol. The summed E-state index contributed by atoms with van der Waals surface area (Å²) in [7, 11) is 1.40. The summed E-state index contributed by atoms with van der Waals surface area (Å²) in [6, 6.07) is 17.7. The van der Waals surface area contributed by atoms with E-state index < -0.39 is 0 Å². The zero-order valence-electron chi connectivity index (χ0n) is 11.6. The van der Waals surface area contributed by atoms with E-state index >= 15 is 0 Å². The number of carbonyl (C=O) groups is 1. The summed E-state index contributed by atoms with van der Waals surface area (Å²) in [4.78, 5) is 11.9. The quantitative estimate of drug-likeness (QED) is 0.849. The molecule has 0 saturated carbocycles. The maximum Gasteiger partial charge on any atom is 0.338 e. The van der Waals surface area contributed by atoms with E-state index in [1.54, 1.807) is 6.07 Å². The fraction of sp³-hybridized carbons (Fsp3) is 0.235. The lowest BCUT2D eigenvalue weighted by atomic mass is 9.86. The van der Waals surface area contributed by atoms with E-state index in [0.29, 0.717) is 12.1 Å². The van der Waals surface area contributed by atoms with Crippen LogP contribution in [0.25, 0.3) is 0 Å². The van der Waals surface area contributed by atoms with Gasteiger partial charge >= 0.3 is 5.97 Å². The second-order valence-corrected chi connectivity index (χ2v) is 4.62. The Bertz CT molecular complexity index is 566. The average molecular weight is 269 g/mol. The molecule has 0 aliphatic rings. The molecule has 1 atom stereocenters. The van der Waals surface area contributed by atoms with Crippen LogP contribution in [0.1, 0.15) is 33.8 Å². The second-order valence-electron chi connectivity index (χ2n) is 4.62. The first-order chi connectivity index (χ1) is 9.77. The Morgan fingerprint density at radius 3 is 2.40 bits per heavy atom. The SMILES string of the molecule is COC(=O)c1ccccc1C(CCN)c1ccccc1. The van der Waals surface area contributed by atoms with Crippen LogP contribution in [0.15, 0.2) is 54.6 Å². The molecule has 0 aliphatic heterocycles. The van der Waals surface area contributed by atoms with Crippen LogP contribution in [0.3, 0.4) is 0 Å². The summed E-state index contributed by atoms with van der Waals surface area (Å²) in [5, 5.41) is 0. The van der Waals surface area contributed by atoms with E-state index in [9.17, 15) is 4.79 Å². The maximum absolute atomic E-state index is 11.9. The molecule has 3 nitrogen and oxygen atoms in total. The number of nitrogens with two attached hydrogens (primary N) is 1. The van der Waals surface area contributed by atoms with Gasteiger partial charge in [0.1, 0.15) is 0 Å². The van der Waals surface area contributed by atoms with Gasteiger partial charge in [0, 0.05) is 5.92 Å². The molecule has 0 heterocycles. The van der Waals surface area contributed by atoms with Gasteiger partial charge in [-0.3, -0.25) is 0 Å². The van der Waals surface area contributed by atoms with Gasteiger partial charge in [-0.1, -0.05) is 48.5 Å². The van der Waals surface area contributed by atoms with Crippen molar-refractivity contribution in [2.24, 2.45) is 5.73 Å². The van der Waals surface area contributed by atoms with E-state index in [2.05, 4.69) is 12.1 Å². The number of esters is 1. The summed E-state index contributed by atoms with van der Waals surface area (Å²) in [5.41, 5.74) is 8.49. The molecule has 0 aromatic heterocycles. The number of carbonyl (C=O) groups excluding carboxylic acids is 1. The number of hydrogen-bond acceptors (Lipinski definition) is 3. The molecular weight excluding hydrogens is 250 g/mol. The highest BCUT2D eigenvalue weighted by Gasteiger charge is 2.20. The van der Waals surface area contributed by atoms with Crippen LogP contribution in [-0.2, 0) is 4.74 Å². The van der Waals surface area contributed by atoms with Crippen LogP contribution in [0.2, 0.25) is 0 Å². The Labute approximate surface area is 119 Å². The van der Waals surface area contributed by atoms with E-state index in [1.165, 1.54) is 7.11 Å². The van der Waals surface area contributed by atoms with Gasteiger partial charge in [-0.25, -0.2) is 4.79 Å². The topological polar surface area (TPSA) is 52.3 Å². The monoisotopic (exact) mass is 269 g/mol. The lowest BCUT2D eigenvalue weighted by Crippen LogP contribution is -2.13. The molecule has 0 radical (unpaired) electrons. The van der Waals surface area contributed by atoms with E-state index in [0.717, 1.165) is 17.5 Å². The van der Waals surface area contributed by atoms with Gasteiger partial charge in [-0.15, -0.1) is 0 Å². The van der Waals surface area contributed by atoms with Crippen molar-refractivity contribution in [3.8, 4) is 0 Å². The average Bonchev–Trinajstić information content (AvgIpc) is 2.53. The van der Waals surface area contributed by atoms with Gasteiger partial charge in [-0.2, -0.15) is 0 Å². The van der Waals surface area contributed by atoms with Crippen molar-refractivity contribution in [2.75, 3.05) is 13.7 Å². The Morgan fingerprint density at radius 2 is 1.75 bits per heavy atom. The van der Waals surface area contributed by atoms with E-state index in [-0.39, 0.29) is 11.9 Å². The minimum absolute atomic E-state index is 0.108. The van der Waals surface area contributed by atoms with E-state index in [1.807, 2.05) is 36.4 Å². The van der Waals surface area contributed by atoms with E-state index in [4.69, 9.17) is 10.5 Å². The third-order valence-electron chi connectivity index (χ3n) is 3.40. The fourth-order valence-electron chi connectivity index (χ4n) is 2.45. The zero-order valence-corrected chi connectivity index (χ0v) is 11.6. The number of benzene rings is 2. The first kappa shape index (κ1) is 14.3. The molecule has 2 aromatic rings. The highest BCUT2D eigenvalue weighted by Crippen LogP contribution is 2.30. The highest BCUT2D eigenvalue weighted by molar-refractivity contribution is 5.91. The van der Waals surface area contributed by atoms with Crippen molar-refractivity contribution in [3.05, 3.63) is 71.3 Å². The van der Waals surface area contributed by atoms with Crippen molar-refractivity contribution in [2.45, 2.75) is 12.3 Å². The largest absolute Gasteiger partial charge is 0.465 e. The molecule has 0 saturated heterocycles. The van der Waals surface area contributed by atoms with Crippen LogP contribution in [0, 0.1) is 0 Å². The summed E-state index contributed by atoms with van der Waals surface area (Å²) in [6.07, 6.45) is 0.790. The fourth-order valence-corrected chi connectivity index (χ4v) is 2.45. The van der Waals surface area contributed by atoms with Crippen molar-refractivity contribution >= 4 is 5.97 Å². The molecule has 0 amide bonds. The van der Waals surface area contributed by atoms with Gasteiger partial charge in [0.2, 0.25) is 0 Å². The molecule has 3 heteroatoms. The van der Waals surface area contributed by atoms with Gasteiger partial charge in [-0.05, 0) is 30.2 Å². The Hall–Kier alpha value is -2.13. The number of ether oxygens (including phenoxy) is 1. The second kappa shape index (κ2) is 6.87. The molecule has 1 unspecified atom stereocenters. The normalized spacial score (nSPS) is 11.9. The summed E-state index contributed by atoms with van der Waals surface area (Å²) >= 11 is 0. The lowest BCUT2D eigenvalue weighted by Gasteiger charge is -2.19. The molecule has 0 fully saturated rings. The first-order valence-electron chi connectivity index (χ1n) is 6.70. The number of rotatable bonds is 5. The van der Waals surface area contributed by atoms with Crippen LogP contribution in [0.4, 0.5) is 0 Å². The zero-order chi connectivity index (χ0) is 14.4. The van der Waals surface area contributed by atoms with Crippen molar-refractivity contribution < 1.29 is 9.53 Å². The minimum atomic E-state index is -0.307. The Morgan fingerprint density at radius 1 is 1.10 bits per heavy atom. The van der Waals surface area contributed by atoms with Crippen molar-refractivity contribution in [1.29, 1.82) is 0 Å². The van der Waals surface area contributed by atoms with Crippen LogP contribution >= 0.6 is 0 Å². The maximum atomic E-state index is 11.9. The Kier molecular flexibility index (Phi) is 4.91. The number of hydrogen-bond donors (Lipinski definition) is 1. The third kappa shape index (κ3) is 3.06. The molecule has 2 rings (SSSR count). The lowest BCUT2D eigenvalue weighted by molar-refractivity contribution is 0.0599. The Balaban J connectivity index is 2.47. The van der Waals surface area contributed by atoms with Crippen LogP contribution in [0.5, 0.6) is 0 Å². The highest BCUT2D eigenvalue weighted by atomic mass is 16.5. The summed E-state index contributed by atoms with van der Waals surface area (Å²) in [5.74, 6) is -0.199. The predicted octanol–water partition coefficient (Wildman–Crippen LogP) is 2.95. The van der Waals surface area contributed by atoms with Gasteiger partial charge in [0.25, 0.3) is 0 Å². The molecule has 0 spiro atoms. The molecule has 2 aromatic carbocycles. The van der Waals surface area contributed by atoms with Crippen molar-refractivity contribution in [1.82, 2.24) is 0 Å². The standard InChI is InChI=1S/C17H19NO2/c1-20-17(19)16-10-6-5-9-15(16)14(11-12-18)13-7-3-2-4-8-13/h2-10,14H,11-12,18H2,1H3. The van der Waals surface area contributed by atoms with Crippen LogP contribution < -0.4 is 5.73 Å². The van der Waals surface area contributed by atoms with Gasteiger partial charge < -0.3 is 10.5 Å².